The number of esters is 2. The minimum absolute atomic E-state index is 0.145. The summed E-state index contributed by atoms with van der Waals surface area (Å²) in [5.74, 6) is -1.14. The van der Waals surface area contributed by atoms with Crippen LogP contribution in [0.3, 0.4) is 0 Å². The van der Waals surface area contributed by atoms with Gasteiger partial charge in [0.1, 0.15) is 24.9 Å². The minimum Gasteiger partial charge on any atom is -0.463 e. The van der Waals surface area contributed by atoms with Crippen molar-refractivity contribution in [1.29, 1.82) is 0 Å². The summed E-state index contributed by atoms with van der Waals surface area (Å²) >= 11 is 0. The molecule has 0 aromatic heterocycles. The number of aliphatic hydroxyl groups is 2. The lowest BCUT2D eigenvalue weighted by molar-refractivity contribution is -0.171. The van der Waals surface area contributed by atoms with Crippen LogP contribution in [0.15, 0.2) is 0 Å². The molecular formula is C11H18O8. The SMILES string of the molecule is CO[C@H](COC(C)=O)[C@@H]1O[C@H](O)[C@H](O)[C@H]1OC(C)=O. The largest absolute Gasteiger partial charge is 0.463 e. The summed E-state index contributed by atoms with van der Waals surface area (Å²) in [6.07, 6.45) is -5.68. The minimum atomic E-state index is -1.50. The maximum absolute atomic E-state index is 11.0. The number of carbonyl (C=O) groups is 2. The molecule has 0 aromatic carbocycles. The predicted molar refractivity (Wildman–Crippen MR) is 59.9 cm³/mol. The third kappa shape index (κ3) is 4.13. The highest BCUT2D eigenvalue weighted by atomic mass is 16.7. The number of methoxy groups -OCH3 is 1. The van der Waals surface area contributed by atoms with Gasteiger partial charge in [-0.25, -0.2) is 0 Å². The molecule has 1 rings (SSSR count). The molecule has 1 aliphatic rings. The number of aliphatic hydroxyl groups excluding tert-OH is 2. The first-order valence-electron chi connectivity index (χ1n) is 5.71. The van der Waals surface area contributed by atoms with E-state index in [0.29, 0.717) is 0 Å². The van der Waals surface area contributed by atoms with E-state index < -0.39 is 42.6 Å². The monoisotopic (exact) mass is 278 g/mol. The quantitative estimate of drug-likeness (QED) is 0.589. The second-order valence-corrected chi connectivity index (χ2v) is 4.13. The lowest BCUT2D eigenvalue weighted by Crippen LogP contribution is -2.44. The van der Waals surface area contributed by atoms with Crippen molar-refractivity contribution in [2.45, 2.75) is 44.6 Å². The molecule has 19 heavy (non-hydrogen) atoms. The molecule has 0 radical (unpaired) electrons. The third-order valence-corrected chi connectivity index (χ3v) is 2.67. The molecule has 2 N–H and O–H groups in total. The van der Waals surface area contributed by atoms with E-state index in [9.17, 15) is 19.8 Å². The summed E-state index contributed by atoms with van der Waals surface area (Å²) in [7, 11) is 1.35. The second-order valence-electron chi connectivity index (χ2n) is 4.13. The van der Waals surface area contributed by atoms with Gasteiger partial charge in [-0.05, 0) is 0 Å². The summed E-state index contributed by atoms with van der Waals surface area (Å²) in [4.78, 5) is 21.7. The topological polar surface area (TPSA) is 112 Å². The van der Waals surface area contributed by atoms with Gasteiger partial charge in [-0.15, -0.1) is 0 Å². The Morgan fingerprint density at radius 1 is 1.26 bits per heavy atom. The van der Waals surface area contributed by atoms with E-state index in [2.05, 4.69) is 0 Å². The van der Waals surface area contributed by atoms with Gasteiger partial charge in [0.25, 0.3) is 0 Å². The van der Waals surface area contributed by atoms with Crippen molar-refractivity contribution in [2.75, 3.05) is 13.7 Å². The molecule has 0 aliphatic carbocycles. The van der Waals surface area contributed by atoms with Crippen molar-refractivity contribution in [3.63, 3.8) is 0 Å². The average Bonchev–Trinajstić information content (AvgIpc) is 2.58. The molecule has 1 aliphatic heterocycles. The van der Waals surface area contributed by atoms with Gasteiger partial charge in [-0.2, -0.15) is 0 Å². The summed E-state index contributed by atoms with van der Waals surface area (Å²) in [6.45, 7) is 2.26. The molecule has 1 heterocycles. The zero-order valence-corrected chi connectivity index (χ0v) is 10.9. The highest BCUT2D eigenvalue weighted by Gasteiger charge is 2.49. The van der Waals surface area contributed by atoms with Gasteiger partial charge >= 0.3 is 11.9 Å². The molecule has 1 fully saturated rings. The number of hydrogen-bond acceptors (Lipinski definition) is 8. The second kappa shape index (κ2) is 6.80. The standard InChI is InChI=1S/C11H18O8/c1-5(12)17-4-7(16-3)9-10(18-6(2)13)8(14)11(15)19-9/h7-11,14-15H,4H2,1-3H3/t7-,8-,9+,10-,11+/m1/s1. The number of hydrogen-bond donors (Lipinski definition) is 2. The van der Waals surface area contributed by atoms with Crippen LogP contribution in [0.5, 0.6) is 0 Å². The molecule has 0 bridgehead atoms. The Bertz CT molecular complexity index is 331. The fourth-order valence-electron chi connectivity index (χ4n) is 1.80. The van der Waals surface area contributed by atoms with Gasteiger partial charge in [0, 0.05) is 21.0 Å². The summed E-state index contributed by atoms with van der Waals surface area (Å²) in [6, 6.07) is 0. The Morgan fingerprint density at radius 3 is 2.37 bits per heavy atom. The Kier molecular flexibility index (Phi) is 5.67. The Hall–Kier alpha value is -1.22. The van der Waals surface area contributed by atoms with Gasteiger partial charge in [0.15, 0.2) is 12.4 Å². The van der Waals surface area contributed by atoms with E-state index in [-0.39, 0.29) is 6.61 Å². The van der Waals surface area contributed by atoms with Crippen LogP contribution >= 0.6 is 0 Å². The van der Waals surface area contributed by atoms with E-state index in [4.69, 9.17) is 18.9 Å². The summed E-state index contributed by atoms with van der Waals surface area (Å²) in [5, 5.41) is 19.1. The van der Waals surface area contributed by atoms with E-state index in [1.807, 2.05) is 0 Å². The Balaban J connectivity index is 2.75. The molecule has 8 heteroatoms. The lowest BCUT2D eigenvalue weighted by Gasteiger charge is -2.26. The Morgan fingerprint density at radius 2 is 1.89 bits per heavy atom. The van der Waals surface area contributed by atoms with Crippen LogP contribution in [0.4, 0.5) is 0 Å². The zero-order chi connectivity index (χ0) is 14.6. The predicted octanol–water partition coefficient (Wildman–Crippen LogP) is -1.43. The molecule has 110 valence electrons. The third-order valence-electron chi connectivity index (χ3n) is 2.67. The van der Waals surface area contributed by atoms with Crippen LogP contribution < -0.4 is 0 Å². The number of carbonyl (C=O) groups excluding carboxylic acids is 2. The first-order chi connectivity index (χ1) is 8.86. The molecular weight excluding hydrogens is 260 g/mol. The number of rotatable bonds is 5. The normalized spacial score (nSPS) is 31.8. The molecule has 0 saturated carbocycles. The molecule has 0 aromatic rings. The van der Waals surface area contributed by atoms with Crippen molar-refractivity contribution in [3.05, 3.63) is 0 Å². The first-order valence-corrected chi connectivity index (χ1v) is 5.71. The van der Waals surface area contributed by atoms with Gasteiger partial charge in [-0.3, -0.25) is 9.59 Å². The fraction of sp³-hybridized carbons (Fsp3) is 0.818. The summed E-state index contributed by atoms with van der Waals surface area (Å²) < 4.78 is 19.8. The number of ether oxygens (including phenoxy) is 4. The van der Waals surface area contributed by atoms with E-state index in [0.717, 1.165) is 0 Å². The van der Waals surface area contributed by atoms with Gasteiger partial charge in [0.2, 0.25) is 0 Å². The molecule has 0 unspecified atom stereocenters. The van der Waals surface area contributed by atoms with Crippen LogP contribution in [-0.2, 0) is 28.5 Å². The smallest absolute Gasteiger partial charge is 0.303 e. The van der Waals surface area contributed by atoms with Crippen molar-refractivity contribution >= 4 is 11.9 Å². The average molecular weight is 278 g/mol. The van der Waals surface area contributed by atoms with Crippen molar-refractivity contribution in [3.8, 4) is 0 Å². The highest BCUT2D eigenvalue weighted by Crippen LogP contribution is 2.26. The highest BCUT2D eigenvalue weighted by molar-refractivity contribution is 5.66. The van der Waals surface area contributed by atoms with E-state index in [1.165, 1.54) is 21.0 Å². The maximum Gasteiger partial charge on any atom is 0.303 e. The van der Waals surface area contributed by atoms with Gasteiger partial charge < -0.3 is 29.2 Å². The van der Waals surface area contributed by atoms with Crippen LogP contribution in [0, 0.1) is 0 Å². The van der Waals surface area contributed by atoms with Crippen molar-refractivity contribution < 1.29 is 38.7 Å². The fourth-order valence-corrected chi connectivity index (χ4v) is 1.80. The van der Waals surface area contributed by atoms with E-state index >= 15 is 0 Å². The van der Waals surface area contributed by atoms with Crippen molar-refractivity contribution in [1.82, 2.24) is 0 Å². The van der Waals surface area contributed by atoms with Crippen LogP contribution in [0.2, 0.25) is 0 Å². The molecule has 8 nitrogen and oxygen atoms in total. The molecule has 0 spiro atoms. The lowest BCUT2D eigenvalue weighted by atomic mass is 10.1. The van der Waals surface area contributed by atoms with Crippen LogP contribution in [-0.4, -0.2) is 66.6 Å². The maximum atomic E-state index is 11.0. The Labute approximate surface area is 110 Å². The van der Waals surface area contributed by atoms with Gasteiger partial charge in [0.05, 0.1) is 0 Å². The zero-order valence-electron chi connectivity index (χ0n) is 10.9. The van der Waals surface area contributed by atoms with Crippen LogP contribution in [0.1, 0.15) is 13.8 Å². The first kappa shape index (κ1) is 15.8. The molecule has 1 saturated heterocycles. The van der Waals surface area contributed by atoms with E-state index in [1.54, 1.807) is 0 Å². The van der Waals surface area contributed by atoms with Crippen molar-refractivity contribution in [2.24, 2.45) is 0 Å². The van der Waals surface area contributed by atoms with Crippen LogP contribution in [0.25, 0.3) is 0 Å². The van der Waals surface area contributed by atoms with Gasteiger partial charge in [-0.1, -0.05) is 0 Å². The molecule has 5 atom stereocenters. The molecule has 0 amide bonds. The summed E-state index contributed by atoms with van der Waals surface area (Å²) in [5.41, 5.74) is 0.